The number of methoxy groups -OCH3 is 3. The Kier molecular flexibility index (Phi) is 5.72. The van der Waals surface area contributed by atoms with Crippen LogP contribution in [0.2, 0.25) is 0 Å². The second-order valence-electron chi connectivity index (χ2n) is 4.33. The summed E-state index contributed by atoms with van der Waals surface area (Å²) in [5.41, 5.74) is 0.145. The first-order chi connectivity index (χ1) is 10.2. The van der Waals surface area contributed by atoms with Gasteiger partial charge in [-0.3, -0.25) is 9.59 Å². The maximum atomic E-state index is 12.1. The predicted molar refractivity (Wildman–Crippen MR) is 68.6 cm³/mol. The predicted octanol–water partition coefficient (Wildman–Crippen LogP) is 1.08. The molecule has 0 fully saturated rings. The molecule has 124 valence electrons. The van der Waals surface area contributed by atoms with Crippen LogP contribution in [0.25, 0.3) is 0 Å². The Morgan fingerprint density at radius 1 is 1.27 bits per heavy atom. The Hall–Kier alpha value is -1.87. The molecule has 1 rings (SSSR count). The number of carbonyl (C=O) groups excluding carboxylic acids is 2. The first kappa shape index (κ1) is 18.2. The standard InChI is InChI=1S/C13H16F3NO5/c1-20-10-6-9(18)8(7-12(10,21-2)22-3)4-5-17-11(19)13(14,15)16/h6-7H,4-5H2,1-3H3,(H,17,19). The fourth-order valence-corrected chi connectivity index (χ4v) is 1.89. The lowest BCUT2D eigenvalue weighted by atomic mass is 9.96. The van der Waals surface area contributed by atoms with Gasteiger partial charge in [-0.05, 0) is 12.5 Å². The van der Waals surface area contributed by atoms with E-state index in [1.54, 1.807) is 5.32 Å². The summed E-state index contributed by atoms with van der Waals surface area (Å²) in [5, 5.41) is 1.69. The van der Waals surface area contributed by atoms with Crippen LogP contribution in [0.3, 0.4) is 0 Å². The van der Waals surface area contributed by atoms with Crippen molar-refractivity contribution in [1.29, 1.82) is 0 Å². The van der Waals surface area contributed by atoms with E-state index in [-0.39, 0.29) is 24.3 Å². The van der Waals surface area contributed by atoms with Crippen LogP contribution < -0.4 is 5.32 Å². The van der Waals surface area contributed by atoms with Gasteiger partial charge < -0.3 is 19.5 Å². The zero-order valence-corrected chi connectivity index (χ0v) is 12.2. The molecule has 1 aliphatic carbocycles. The van der Waals surface area contributed by atoms with Crippen molar-refractivity contribution in [3.05, 3.63) is 23.5 Å². The van der Waals surface area contributed by atoms with Gasteiger partial charge in [0.05, 0.1) is 7.11 Å². The summed E-state index contributed by atoms with van der Waals surface area (Å²) >= 11 is 0. The van der Waals surface area contributed by atoms with Crippen molar-refractivity contribution in [3.8, 4) is 0 Å². The van der Waals surface area contributed by atoms with Gasteiger partial charge in [0.2, 0.25) is 5.79 Å². The third kappa shape index (κ3) is 3.86. The number of nitrogens with one attached hydrogen (secondary N) is 1. The van der Waals surface area contributed by atoms with Gasteiger partial charge in [0.25, 0.3) is 0 Å². The first-order valence-corrected chi connectivity index (χ1v) is 6.17. The maximum Gasteiger partial charge on any atom is 0.471 e. The fourth-order valence-electron chi connectivity index (χ4n) is 1.89. The molecule has 0 aromatic carbocycles. The summed E-state index contributed by atoms with van der Waals surface area (Å²) < 4.78 is 51.6. The van der Waals surface area contributed by atoms with Gasteiger partial charge in [-0.25, -0.2) is 0 Å². The SMILES string of the molecule is COC1=CC(=O)C(CCNC(=O)C(F)(F)F)=CC1(OC)OC. The molecule has 1 N–H and O–H groups in total. The molecule has 1 amide bonds. The normalized spacial score (nSPS) is 17.6. The largest absolute Gasteiger partial charge is 0.495 e. The molecule has 0 aromatic heterocycles. The van der Waals surface area contributed by atoms with E-state index in [0.29, 0.717) is 0 Å². The van der Waals surface area contributed by atoms with Gasteiger partial charge in [-0.2, -0.15) is 13.2 Å². The molecular formula is C13H16F3NO5. The summed E-state index contributed by atoms with van der Waals surface area (Å²) in [5.74, 6) is -3.82. The number of ketones is 1. The fraction of sp³-hybridized carbons (Fsp3) is 0.538. The molecule has 0 unspecified atom stereocenters. The monoisotopic (exact) mass is 323 g/mol. The van der Waals surface area contributed by atoms with Crippen molar-refractivity contribution in [3.63, 3.8) is 0 Å². The molecular weight excluding hydrogens is 307 g/mol. The van der Waals surface area contributed by atoms with Crippen LogP contribution in [-0.2, 0) is 23.8 Å². The van der Waals surface area contributed by atoms with Crippen molar-refractivity contribution >= 4 is 11.7 Å². The summed E-state index contributed by atoms with van der Waals surface area (Å²) in [6, 6.07) is 0. The van der Waals surface area contributed by atoms with Gasteiger partial charge in [0.15, 0.2) is 11.5 Å². The van der Waals surface area contributed by atoms with Crippen LogP contribution in [-0.4, -0.2) is 51.5 Å². The molecule has 0 aliphatic heterocycles. The summed E-state index contributed by atoms with van der Waals surface area (Å²) in [7, 11) is 3.98. The molecule has 0 atom stereocenters. The van der Waals surface area contributed by atoms with Gasteiger partial charge >= 0.3 is 12.1 Å². The van der Waals surface area contributed by atoms with Crippen molar-refractivity contribution in [2.24, 2.45) is 0 Å². The lowest BCUT2D eigenvalue weighted by Gasteiger charge is -2.32. The van der Waals surface area contributed by atoms with E-state index in [9.17, 15) is 22.8 Å². The molecule has 22 heavy (non-hydrogen) atoms. The van der Waals surface area contributed by atoms with Gasteiger partial charge in [0.1, 0.15) is 0 Å². The van der Waals surface area contributed by atoms with Crippen molar-refractivity contribution in [1.82, 2.24) is 5.32 Å². The number of amides is 1. The summed E-state index contributed by atoms with van der Waals surface area (Å²) in [6.07, 6.45) is -2.62. The van der Waals surface area contributed by atoms with Crippen LogP contribution in [0.15, 0.2) is 23.5 Å². The Balaban J connectivity index is 2.81. The number of allylic oxidation sites excluding steroid dienone is 1. The quantitative estimate of drug-likeness (QED) is 0.741. The minimum atomic E-state index is -4.96. The zero-order chi connectivity index (χ0) is 17.0. The van der Waals surface area contributed by atoms with Crippen LogP contribution in [0, 0.1) is 0 Å². The van der Waals surface area contributed by atoms with E-state index in [4.69, 9.17) is 14.2 Å². The number of rotatable bonds is 6. The lowest BCUT2D eigenvalue weighted by molar-refractivity contribution is -0.173. The van der Waals surface area contributed by atoms with Crippen LogP contribution in [0.1, 0.15) is 6.42 Å². The van der Waals surface area contributed by atoms with E-state index in [2.05, 4.69) is 0 Å². The van der Waals surface area contributed by atoms with Crippen LogP contribution in [0.5, 0.6) is 0 Å². The van der Waals surface area contributed by atoms with E-state index in [0.717, 1.165) is 6.08 Å². The number of halogens is 3. The molecule has 0 saturated heterocycles. The molecule has 0 spiro atoms. The van der Waals surface area contributed by atoms with Crippen molar-refractivity contribution in [2.75, 3.05) is 27.9 Å². The van der Waals surface area contributed by atoms with Gasteiger partial charge in [0, 0.05) is 32.4 Å². The molecule has 0 bridgehead atoms. The van der Waals surface area contributed by atoms with Crippen molar-refractivity contribution in [2.45, 2.75) is 18.4 Å². The van der Waals surface area contributed by atoms with E-state index < -0.39 is 23.7 Å². The lowest BCUT2D eigenvalue weighted by Crippen LogP contribution is -2.40. The Bertz CT molecular complexity index is 506. The average molecular weight is 323 g/mol. The van der Waals surface area contributed by atoms with Gasteiger partial charge in [-0.1, -0.05) is 0 Å². The molecule has 0 aromatic rings. The second kappa shape index (κ2) is 6.93. The molecule has 6 nitrogen and oxygen atoms in total. The number of ether oxygens (including phenoxy) is 3. The highest BCUT2D eigenvalue weighted by atomic mass is 19.4. The number of alkyl halides is 3. The Morgan fingerprint density at radius 3 is 2.32 bits per heavy atom. The average Bonchev–Trinajstić information content (AvgIpc) is 2.47. The number of hydrogen-bond acceptors (Lipinski definition) is 5. The third-order valence-electron chi connectivity index (χ3n) is 3.05. The highest BCUT2D eigenvalue weighted by molar-refractivity contribution is 6.05. The highest BCUT2D eigenvalue weighted by Gasteiger charge is 2.40. The molecule has 9 heteroatoms. The minimum Gasteiger partial charge on any atom is -0.495 e. The van der Waals surface area contributed by atoms with Crippen LogP contribution in [0.4, 0.5) is 13.2 Å². The summed E-state index contributed by atoms with van der Waals surface area (Å²) in [6.45, 7) is -0.352. The number of carbonyl (C=O) groups is 2. The molecule has 0 heterocycles. The smallest absolute Gasteiger partial charge is 0.471 e. The third-order valence-corrected chi connectivity index (χ3v) is 3.05. The Labute approximate surface area is 124 Å². The van der Waals surface area contributed by atoms with E-state index in [1.807, 2.05) is 0 Å². The molecule has 0 saturated carbocycles. The van der Waals surface area contributed by atoms with Gasteiger partial charge in [-0.15, -0.1) is 0 Å². The van der Waals surface area contributed by atoms with Crippen LogP contribution >= 0.6 is 0 Å². The maximum absolute atomic E-state index is 12.1. The zero-order valence-electron chi connectivity index (χ0n) is 12.2. The Morgan fingerprint density at radius 2 is 1.86 bits per heavy atom. The first-order valence-electron chi connectivity index (χ1n) is 6.17. The topological polar surface area (TPSA) is 73.9 Å². The summed E-state index contributed by atoms with van der Waals surface area (Å²) in [4.78, 5) is 22.6. The van der Waals surface area contributed by atoms with Crippen molar-refractivity contribution < 1.29 is 37.0 Å². The minimum absolute atomic E-state index is 0.109. The number of hydrogen-bond donors (Lipinski definition) is 1. The second-order valence-corrected chi connectivity index (χ2v) is 4.33. The van der Waals surface area contributed by atoms with E-state index in [1.165, 1.54) is 27.4 Å². The molecule has 0 radical (unpaired) electrons. The van der Waals surface area contributed by atoms with E-state index >= 15 is 0 Å². The highest BCUT2D eigenvalue weighted by Crippen LogP contribution is 2.31. The molecule has 1 aliphatic rings.